The third kappa shape index (κ3) is 2.89. The third-order valence-electron chi connectivity index (χ3n) is 3.36. The fraction of sp³-hybridized carbons (Fsp3) is 0.267. The van der Waals surface area contributed by atoms with Gasteiger partial charge in [0.2, 0.25) is 0 Å². The lowest BCUT2D eigenvalue weighted by atomic mass is 10.2. The second-order valence-corrected chi connectivity index (χ2v) is 5.08. The van der Waals surface area contributed by atoms with Gasteiger partial charge in [0, 0.05) is 18.2 Å². The zero-order valence-electron chi connectivity index (χ0n) is 11.4. The van der Waals surface area contributed by atoms with Crippen LogP contribution < -0.4 is 5.32 Å². The van der Waals surface area contributed by atoms with Gasteiger partial charge in [-0.1, -0.05) is 0 Å². The Morgan fingerprint density at radius 1 is 1.33 bits per heavy atom. The van der Waals surface area contributed by atoms with Crippen molar-refractivity contribution in [3.8, 4) is 0 Å². The van der Waals surface area contributed by atoms with Crippen LogP contribution in [-0.2, 0) is 0 Å². The maximum Gasteiger partial charge on any atom is 0.259 e. The van der Waals surface area contributed by atoms with E-state index in [0.717, 1.165) is 30.8 Å². The minimum absolute atomic E-state index is 0.0768. The zero-order valence-corrected chi connectivity index (χ0v) is 11.4. The van der Waals surface area contributed by atoms with Gasteiger partial charge in [-0.15, -0.1) is 0 Å². The summed E-state index contributed by atoms with van der Waals surface area (Å²) < 4.78 is 26.3. The summed E-state index contributed by atoms with van der Waals surface area (Å²) in [6.45, 7) is 1.71. The first-order valence-corrected chi connectivity index (χ1v) is 6.64. The number of hydrogen-bond acceptors (Lipinski definition) is 3. The van der Waals surface area contributed by atoms with Gasteiger partial charge in [0.05, 0.1) is 16.9 Å². The minimum Gasteiger partial charge on any atom is -0.319 e. The van der Waals surface area contributed by atoms with Crippen molar-refractivity contribution in [3.05, 3.63) is 53.1 Å². The average molecular weight is 289 g/mol. The number of benzene rings is 1. The van der Waals surface area contributed by atoms with Gasteiger partial charge in [-0.05, 0) is 31.9 Å². The normalized spacial score (nSPS) is 14.0. The molecule has 1 saturated carbocycles. The van der Waals surface area contributed by atoms with E-state index in [1.54, 1.807) is 6.92 Å². The number of hydrogen-bond donors (Lipinski definition) is 1. The highest BCUT2D eigenvalue weighted by atomic mass is 19.1. The van der Waals surface area contributed by atoms with Gasteiger partial charge < -0.3 is 5.32 Å². The van der Waals surface area contributed by atoms with Crippen molar-refractivity contribution in [2.24, 2.45) is 0 Å². The van der Waals surface area contributed by atoms with Crippen molar-refractivity contribution < 1.29 is 13.6 Å². The highest BCUT2D eigenvalue weighted by Gasteiger charge is 2.27. The Hall–Kier alpha value is -2.37. The summed E-state index contributed by atoms with van der Waals surface area (Å²) in [5.41, 5.74) is 0.752. The Morgan fingerprint density at radius 2 is 2.10 bits per heavy atom. The molecule has 0 bridgehead atoms. The van der Waals surface area contributed by atoms with Crippen LogP contribution in [0.1, 0.15) is 40.6 Å². The molecule has 1 N–H and O–H groups in total. The minimum atomic E-state index is -0.823. The molecule has 108 valence electrons. The lowest BCUT2D eigenvalue weighted by Crippen LogP contribution is -2.16. The van der Waals surface area contributed by atoms with Crippen molar-refractivity contribution >= 4 is 11.6 Å². The van der Waals surface area contributed by atoms with Crippen molar-refractivity contribution in [3.63, 3.8) is 0 Å². The molecule has 1 fully saturated rings. The van der Waals surface area contributed by atoms with E-state index in [4.69, 9.17) is 0 Å². The molecule has 4 nitrogen and oxygen atoms in total. The molecule has 2 aromatic rings. The van der Waals surface area contributed by atoms with Crippen LogP contribution in [0.2, 0.25) is 0 Å². The lowest BCUT2D eigenvalue weighted by molar-refractivity contribution is 0.102. The molecule has 0 aliphatic heterocycles. The molecule has 0 saturated heterocycles. The van der Waals surface area contributed by atoms with Gasteiger partial charge in [0.15, 0.2) is 0 Å². The maximum atomic E-state index is 13.5. The van der Waals surface area contributed by atoms with Crippen LogP contribution in [0, 0.1) is 18.6 Å². The number of carbonyl (C=O) groups excluding carboxylic acids is 1. The predicted molar refractivity (Wildman–Crippen MR) is 73.1 cm³/mol. The van der Waals surface area contributed by atoms with Gasteiger partial charge in [-0.2, -0.15) is 0 Å². The topological polar surface area (TPSA) is 54.9 Å². The SMILES string of the molecule is Cc1nc(C2CC2)ncc1C(=O)Nc1ccc(F)cc1F. The van der Waals surface area contributed by atoms with Crippen LogP contribution in [-0.4, -0.2) is 15.9 Å². The Bertz CT molecular complexity index is 714. The van der Waals surface area contributed by atoms with Gasteiger partial charge >= 0.3 is 0 Å². The summed E-state index contributed by atoms with van der Waals surface area (Å²) in [4.78, 5) is 20.6. The summed E-state index contributed by atoms with van der Waals surface area (Å²) >= 11 is 0. The van der Waals surface area contributed by atoms with Gasteiger partial charge in [-0.3, -0.25) is 4.79 Å². The third-order valence-corrected chi connectivity index (χ3v) is 3.36. The van der Waals surface area contributed by atoms with Gasteiger partial charge in [0.25, 0.3) is 5.91 Å². The molecule has 1 aromatic carbocycles. The maximum absolute atomic E-state index is 13.5. The van der Waals surface area contributed by atoms with Crippen LogP contribution >= 0.6 is 0 Å². The Morgan fingerprint density at radius 3 is 2.71 bits per heavy atom. The molecule has 0 radical (unpaired) electrons. The molecule has 0 unspecified atom stereocenters. The molecule has 1 aliphatic rings. The largest absolute Gasteiger partial charge is 0.319 e. The van der Waals surface area contributed by atoms with Crippen LogP contribution in [0.4, 0.5) is 14.5 Å². The number of aromatic nitrogens is 2. The summed E-state index contributed by atoms with van der Waals surface area (Å²) in [5.74, 6) is -0.886. The molecular formula is C15H13F2N3O. The van der Waals surface area contributed by atoms with E-state index in [9.17, 15) is 13.6 Å². The second-order valence-electron chi connectivity index (χ2n) is 5.08. The first kappa shape index (κ1) is 13.6. The van der Waals surface area contributed by atoms with E-state index < -0.39 is 17.5 Å². The van der Waals surface area contributed by atoms with Crippen molar-refractivity contribution in [1.82, 2.24) is 9.97 Å². The van der Waals surface area contributed by atoms with E-state index in [-0.39, 0.29) is 11.3 Å². The van der Waals surface area contributed by atoms with Crippen LogP contribution in [0.3, 0.4) is 0 Å². The summed E-state index contributed by atoms with van der Waals surface area (Å²) in [6, 6.07) is 2.98. The number of nitrogens with zero attached hydrogens (tertiary/aromatic N) is 2. The number of carbonyl (C=O) groups is 1. The van der Waals surface area contributed by atoms with E-state index >= 15 is 0 Å². The van der Waals surface area contributed by atoms with E-state index in [1.165, 1.54) is 12.3 Å². The van der Waals surface area contributed by atoms with Crippen molar-refractivity contribution in [1.29, 1.82) is 0 Å². The van der Waals surface area contributed by atoms with E-state index in [2.05, 4.69) is 15.3 Å². The molecule has 3 rings (SSSR count). The number of halogens is 2. The second kappa shape index (κ2) is 5.20. The monoisotopic (exact) mass is 289 g/mol. The predicted octanol–water partition coefficient (Wildman–Crippen LogP) is 3.19. The van der Waals surface area contributed by atoms with Gasteiger partial charge in [-0.25, -0.2) is 18.7 Å². The van der Waals surface area contributed by atoms with Crippen LogP contribution in [0.5, 0.6) is 0 Å². The number of nitrogens with one attached hydrogen (secondary N) is 1. The molecule has 1 aliphatic carbocycles. The standard InChI is InChI=1S/C15H13F2N3O/c1-8-11(7-18-14(19-8)9-2-3-9)15(21)20-13-5-4-10(16)6-12(13)17/h4-7,9H,2-3H2,1H3,(H,20,21). The molecular weight excluding hydrogens is 276 g/mol. The summed E-state index contributed by atoms with van der Waals surface area (Å²) in [5, 5.41) is 2.40. The number of amides is 1. The Balaban J connectivity index is 1.81. The zero-order chi connectivity index (χ0) is 15.0. The number of rotatable bonds is 3. The van der Waals surface area contributed by atoms with Crippen LogP contribution in [0.25, 0.3) is 0 Å². The molecule has 0 atom stereocenters. The van der Waals surface area contributed by atoms with Crippen molar-refractivity contribution in [2.75, 3.05) is 5.32 Å². The van der Waals surface area contributed by atoms with Crippen molar-refractivity contribution in [2.45, 2.75) is 25.7 Å². The first-order valence-electron chi connectivity index (χ1n) is 6.64. The van der Waals surface area contributed by atoms with Gasteiger partial charge in [0.1, 0.15) is 17.5 Å². The molecule has 1 aromatic heterocycles. The van der Waals surface area contributed by atoms with Crippen LogP contribution in [0.15, 0.2) is 24.4 Å². The van der Waals surface area contributed by atoms with E-state index in [1.807, 2.05) is 0 Å². The molecule has 0 spiro atoms. The number of aryl methyl sites for hydroxylation is 1. The fourth-order valence-electron chi connectivity index (χ4n) is 2.03. The molecule has 21 heavy (non-hydrogen) atoms. The average Bonchev–Trinajstić information content (AvgIpc) is 3.26. The summed E-state index contributed by atoms with van der Waals surface area (Å²) in [7, 11) is 0. The first-order chi connectivity index (χ1) is 10.0. The Labute approximate surface area is 120 Å². The number of anilines is 1. The lowest BCUT2D eigenvalue weighted by Gasteiger charge is -2.08. The quantitative estimate of drug-likeness (QED) is 0.944. The molecule has 6 heteroatoms. The fourth-order valence-corrected chi connectivity index (χ4v) is 2.03. The summed E-state index contributed by atoms with van der Waals surface area (Å²) in [6.07, 6.45) is 3.60. The molecule has 1 heterocycles. The highest BCUT2D eigenvalue weighted by Crippen LogP contribution is 2.37. The Kier molecular flexibility index (Phi) is 3.37. The highest BCUT2D eigenvalue weighted by molar-refractivity contribution is 6.04. The van der Waals surface area contributed by atoms with E-state index in [0.29, 0.717) is 11.6 Å². The smallest absolute Gasteiger partial charge is 0.259 e. The molecule has 1 amide bonds.